The molecule has 0 bridgehead atoms. The van der Waals surface area contributed by atoms with Crippen LogP contribution in [0.5, 0.6) is 0 Å². The van der Waals surface area contributed by atoms with Gasteiger partial charge < -0.3 is 9.67 Å². The van der Waals surface area contributed by atoms with Crippen LogP contribution in [-0.2, 0) is 7.05 Å². The molecule has 2 aromatic rings. The van der Waals surface area contributed by atoms with E-state index < -0.39 is 17.7 Å². The highest BCUT2D eigenvalue weighted by Crippen LogP contribution is 2.25. The molecule has 0 amide bonds. The van der Waals surface area contributed by atoms with Gasteiger partial charge >= 0.3 is 0 Å². The molecule has 18 heavy (non-hydrogen) atoms. The third-order valence-corrected chi connectivity index (χ3v) is 3.47. The number of aliphatic hydroxyl groups excluding tert-OH is 1. The summed E-state index contributed by atoms with van der Waals surface area (Å²) in [6.07, 6.45) is 0.430. The summed E-state index contributed by atoms with van der Waals surface area (Å²) >= 11 is 1.22. The Kier molecular flexibility index (Phi) is 3.93. The molecule has 1 heterocycles. The Labute approximate surface area is 107 Å². The number of aliphatic hydroxyl groups is 1. The summed E-state index contributed by atoms with van der Waals surface area (Å²) in [7, 11) is 1.76. The first-order valence-electron chi connectivity index (χ1n) is 5.17. The lowest BCUT2D eigenvalue weighted by atomic mass is 10.1. The van der Waals surface area contributed by atoms with Crippen molar-refractivity contribution in [2.45, 2.75) is 11.3 Å². The monoisotopic (exact) mass is 271 g/mol. The molecular weight excluding hydrogens is 260 g/mol. The number of benzene rings is 1. The molecule has 0 fully saturated rings. The molecule has 1 unspecified atom stereocenters. The first kappa shape index (κ1) is 13.0. The van der Waals surface area contributed by atoms with Crippen molar-refractivity contribution in [1.82, 2.24) is 14.8 Å². The third-order valence-electron chi connectivity index (χ3n) is 2.36. The van der Waals surface area contributed by atoms with Crippen molar-refractivity contribution >= 4 is 11.8 Å². The second-order valence-corrected chi connectivity index (χ2v) is 4.70. The van der Waals surface area contributed by atoms with Crippen LogP contribution in [0.15, 0.2) is 29.7 Å². The number of nitrogens with zero attached hydrogens (tertiary/aromatic N) is 3. The maximum Gasteiger partial charge on any atom is 0.190 e. The topological polar surface area (TPSA) is 50.9 Å². The molecule has 0 aliphatic carbocycles. The van der Waals surface area contributed by atoms with E-state index in [-0.39, 0.29) is 11.3 Å². The molecule has 1 N–H and O–H groups in total. The molecule has 0 saturated heterocycles. The molecule has 0 aliphatic rings. The minimum Gasteiger partial charge on any atom is -0.387 e. The van der Waals surface area contributed by atoms with Crippen molar-refractivity contribution in [2.75, 3.05) is 5.75 Å². The fraction of sp³-hybridized carbons (Fsp3) is 0.273. The largest absolute Gasteiger partial charge is 0.387 e. The zero-order chi connectivity index (χ0) is 13.1. The smallest absolute Gasteiger partial charge is 0.190 e. The number of halogens is 2. The van der Waals surface area contributed by atoms with Crippen LogP contribution >= 0.6 is 11.8 Å². The third kappa shape index (κ3) is 2.85. The van der Waals surface area contributed by atoms with E-state index in [1.54, 1.807) is 11.6 Å². The SMILES string of the molecule is Cn1cnnc1SCC(O)c1cc(F)ccc1F. The second-order valence-electron chi connectivity index (χ2n) is 3.72. The number of thioether (sulfide) groups is 1. The van der Waals surface area contributed by atoms with Crippen molar-refractivity contribution < 1.29 is 13.9 Å². The van der Waals surface area contributed by atoms with Gasteiger partial charge in [-0.2, -0.15) is 0 Å². The average Bonchev–Trinajstić information content (AvgIpc) is 2.75. The predicted octanol–water partition coefficient (Wildman–Crippen LogP) is 1.92. The van der Waals surface area contributed by atoms with Gasteiger partial charge in [0.15, 0.2) is 5.16 Å². The van der Waals surface area contributed by atoms with E-state index in [1.165, 1.54) is 18.1 Å². The van der Waals surface area contributed by atoms with Gasteiger partial charge in [0.2, 0.25) is 0 Å². The number of rotatable bonds is 4. The Bertz CT molecular complexity index is 547. The summed E-state index contributed by atoms with van der Waals surface area (Å²) < 4.78 is 28.1. The number of hydrogen-bond donors (Lipinski definition) is 1. The lowest BCUT2D eigenvalue weighted by Gasteiger charge is -2.11. The van der Waals surface area contributed by atoms with E-state index in [0.717, 1.165) is 18.2 Å². The molecule has 1 aromatic carbocycles. The van der Waals surface area contributed by atoms with Crippen LogP contribution in [0.2, 0.25) is 0 Å². The van der Waals surface area contributed by atoms with E-state index in [9.17, 15) is 13.9 Å². The van der Waals surface area contributed by atoms with Crippen LogP contribution in [0.1, 0.15) is 11.7 Å². The van der Waals surface area contributed by atoms with Crippen LogP contribution < -0.4 is 0 Å². The van der Waals surface area contributed by atoms with E-state index in [1.807, 2.05) is 0 Å². The highest BCUT2D eigenvalue weighted by molar-refractivity contribution is 7.99. The van der Waals surface area contributed by atoms with Gasteiger partial charge in [0.25, 0.3) is 0 Å². The predicted molar refractivity (Wildman–Crippen MR) is 63.0 cm³/mol. The fourth-order valence-corrected chi connectivity index (χ4v) is 2.26. The van der Waals surface area contributed by atoms with Gasteiger partial charge in [-0.05, 0) is 18.2 Å². The lowest BCUT2D eigenvalue weighted by molar-refractivity contribution is 0.198. The zero-order valence-electron chi connectivity index (χ0n) is 9.55. The van der Waals surface area contributed by atoms with E-state index in [0.29, 0.717) is 5.16 Å². The molecule has 0 radical (unpaired) electrons. The Hall–Kier alpha value is -1.47. The van der Waals surface area contributed by atoms with Crippen molar-refractivity contribution in [3.63, 3.8) is 0 Å². The van der Waals surface area contributed by atoms with Gasteiger partial charge in [-0.1, -0.05) is 11.8 Å². The number of aromatic nitrogens is 3. The minimum atomic E-state index is -1.10. The highest BCUT2D eigenvalue weighted by Gasteiger charge is 2.15. The highest BCUT2D eigenvalue weighted by atomic mass is 32.2. The van der Waals surface area contributed by atoms with Gasteiger partial charge in [-0.15, -0.1) is 10.2 Å². The van der Waals surface area contributed by atoms with Gasteiger partial charge in [0.05, 0.1) is 6.10 Å². The molecule has 0 spiro atoms. The average molecular weight is 271 g/mol. The summed E-state index contributed by atoms with van der Waals surface area (Å²) in [5, 5.41) is 17.9. The zero-order valence-corrected chi connectivity index (χ0v) is 10.4. The van der Waals surface area contributed by atoms with Crippen LogP contribution in [-0.4, -0.2) is 25.6 Å². The van der Waals surface area contributed by atoms with Gasteiger partial charge in [0.1, 0.15) is 18.0 Å². The number of hydrogen-bond acceptors (Lipinski definition) is 4. The van der Waals surface area contributed by atoms with Crippen molar-refractivity contribution in [2.24, 2.45) is 7.05 Å². The molecule has 7 heteroatoms. The summed E-state index contributed by atoms with van der Waals surface area (Å²) in [6, 6.07) is 3.01. The lowest BCUT2D eigenvalue weighted by Crippen LogP contribution is -2.05. The molecule has 2 rings (SSSR count). The van der Waals surface area contributed by atoms with Gasteiger partial charge in [-0.3, -0.25) is 0 Å². The number of aryl methyl sites for hydroxylation is 1. The van der Waals surface area contributed by atoms with Crippen molar-refractivity contribution in [1.29, 1.82) is 0 Å². The summed E-state index contributed by atoms with van der Waals surface area (Å²) in [6.45, 7) is 0. The van der Waals surface area contributed by atoms with E-state index >= 15 is 0 Å². The Balaban J connectivity index is 2.06. The Morgan fingerprint density at radius 2 is 2.22 bits per heavy atom. The van der Waals surface area contributed by atoms with Gasteiger partial charge in [0, 0.05) is 18.4 Å². The maximum atomic E-state index is 13.4. The van der Waals surface area contributed by atoms with Crippen LogP contribution in [0, 0.1) is 11.6 Å². The minimum absolute atomic E-state index is 0.0512. The maximum absolute atomic E-state index is 13.4. The summed E-state index contributed by atoms with van der Waals surface area (Å²) in [5.74, 6) is -1.02. The van der Waals surface area contributed by atoms with Gasteiger partial charge in [-0.25, -0.2) is 8.78 Å². The molecule has 0 aliphatic heterocycles. The first-order valence-corrected chi connectivity index (χ1v) is 6.16. The van der Waals surface area contributed by atoms with E-state index in [2.05, 4.69) is 10.2 Å². The Morgan fingerprint density at radius 3 is 2.89 bits per heavy atom. The summed E-state index contributed by atoms with van der Waals surface area (Å²) in [5.41, 5.74) is -0.0512. The fourth-order valence-electron chi connectivity index (χ4n) is 1.42. The first-order chi connectivity index (χ1) is 8.58. The summed E-state index contributed by atoms with van der Waals surface area (Å²) in [4.78, 5) is 0. The van der Waals surface area contributed by atoms with Crippen LogP contribution in [0.25, 0.3) is 0 Å². The quantitative estimate of drug-likeness (QED) is 0.863. The molecule has 96 valence electrons. The Morgan fingerprint density at radius 1 is 1.44 bits per heavy atom. The van der Waals surface area contributed by atoms with Crippen molar-refractivity contribution in [3.05, 3.63) is 41.7 Å². The standard InChI is InChI=1S/C11H11F2N3OS/c1-16-6-14-15-11(16)18-5-10(17)8-4-7(12)2-3-9(8)13/h2-4,6,10,17H,5H2,1H3. The van der Waals surface area contributed by atoms with E-state index in [4.69, 9.17) is 0 Å². The molecule has 4 nitrogen and oxygen atoms in total. The van der Waals surface area contributed by atoms with Crippen molar-refractivity contribution in [3.8, 4) is 0 Å². The molecule has 1 atom stereocenters. The molecular formula is C11H11F2N3OS. The molecule has 1 aromatic heterocycles. The normalized spacial score (nSPS) is 12.7. The second kappa shape index (κ2) is 5.45. The van der Waals surface area contributed by atoms with Crippen LogP contribution in [0.3, 0.4) is 0 Å². The molecule has 0 saturated carbocycles. The van der Waals surface area contributed by atoms with Crippen LogP contribution in [0.4, 0.5) is 8.78 Å².